The minimum Gasteiger partial charge on any atom is -0.505 e. The van der Waals surface area contributed by atoms with Crippen LogP contribution >= 0.6 is 11.3 Å². The standard InChI is InChI=1S/C38H33N9O21S6/c1-17-14-25(27(68-12-3-13-70(52,53)54)16-24(17)43-47-38-41-22-10-11-26(67-2)35(33(22)69-38)74(64,65)66)44-45-30-28(72(58,59)60)15-21-20(32(30)48)8-9-23(34(21)73(61,62)63)42-46-31(29(39)37(50)51)36(49)40-18-4-6-19(7-5-18)71(55,56)57/h4-11,14-16,39-40,48-49H,3,12-13H2,1-2H3,(H,50,51)(H,52,53,54)(H,55,56,57)(H,58,59,60)(H,61,62,63)(H,64,65,66)/b36-31-,39-29?,45-44?,46-42?,47-43-. The third-order valence-corrected chi connectivity index (χ3v) is 15.1. The van der Waals surface area contributed by atoms with E-state index in [1.54, 1.807) is 0 Å². The van der Waals surface area contributed by atoms with E-state index in [-0.39, 0.29) is 55.9 Å². The molecule has 0 bridgehead atoms. The molecule has 0 saturated carbocycles. The number of carbonyl (C=O) groups is 1. The number of nitrogens with zero attached hydrogens (tertiary/aromatic N) is 7. The highest BCUT2D eigenvalue weighted by molar-refractivity contribution is 7.87. The van der Waals surface area contributed by atoms with E-state index in [9.17, 15) is 85.0 Å². The zero-order chi connectivity index (χ0) is 54.9. The van der Waals surface area contributed by atoms with Crippen molar-refractivity contribution >= 4 is 128 Å². The van der Waals surface area contributed by atoms with Gasteiger partial charge in [-0.15, -0.1) is 30.7 Å². The number of benzene rings is 5. The number of aromatic hydroxyl groups is 1. The number of aliphatic carboxylic acids is 1. The molecule has 0 spiro atoms. The summed E-state index contributed by atoms with van der Waals surface area (Å²) in [6.45, 7) is 1.01. The van der Waals surface area contributed by atoms with E-state index in [1.165, 1.54) is 38.3 Å². The maximum Gasteiger partial charge on any atom is 0.356 e. The Morgan fingerprint density at radius 3 is 1.95 bits per heavy atom. The Bertz CT molecular complexity index is 4030. The number of nitrogens with one attached hydrogen (secondary N) is 2. The number of ether oxygens (including phenoxy) is 2. The fourth-order valence-corrected chi connectivity index (χ4v) is 10.8. The van der Waals surface area contributed by atoms with Crippen molar-refractivity contribution in [3.8, 4) is 17.2 Å². The Labute approximate surface area is 420 Å². The second-order valence-corrected chi connectivity index (χ2v) is 22.7. The van der Waals surface area contributed by atoms with Gasteiger partial charge in [-0.05, 0) is 79.6 Å². The molecule has 6 rings (SSSR count). The smallest absolute Gasteiger partial charge is 0.356 e. The van der Waals surface area contributed by atoms with Crippen LogP contribution in [-0.2, 0) is 55.4 Å². The number of methoxy groups -OCH3 is 1. The van der Waals surface area contributed by atoms with Crippen molar-refractivity contribution < 1.29 is 94.4 Å². The summed E-state index contributed by atoms with van der Waals surface area (Å²) in [5.41, 5.74) is -4.89. The van der Waals surface area contributed by atoms with Gasteiger partial charge in [-0.3, -0.25) is 28.2 Å². The van der Waals surface area contributed by atoms with Crippen molar-refractivity contribution in [1.82, 2.24) is 4.98 Å². The number of carboxylic acids is 1. The molecule has 0 saturated heterocycles. The monoisotopic (exact) mass is 1140 g/mol. The predicted octanol–water partition coefficient (Wildman–Crippen LogP) is 6.97. The van der Waals surface area contributed by atoms with Gasteiger partial charge in [0.15, 0.2) is 22.1 Å². The maximum atomic E-state index is 12.9. The molecule has 0 radical (unpaired) electrons. The average Bonchev–Trinajstić information content (AvgIpc) is 3.70. The zero-order valence-corrected chi connectivity index (χ0v) is 41.8. The zero-order valence-electron chi connectivity index (χ0n) is 36.9. The van der Waals surface area contributed by atoms with Crippen LogP contribution in [0.4, 0.5) is 33.6 Å². The van der Waals surface area contributed by atoms with Crippen LogP contribution in [0.15, 0.2) is 129 Å². The molecule has 0 unspecified atom stereocenters. The number of aryl methyl sites for hydroxylation is 1. The molecule has 36 heteroatoms. The lowest BCUT2D eigenvalue weighted by atomic mass is 10.1. The summed E-state index contributed by atoms with van der Waals surface area (Å²) in [5, 5.41) is 63.1. The first kappa shape index (κ1) is 55.8. The first-order valence-corrected chi connectivity index (χ1v) is 27.8. The summed E-state index contributed by atoms with van der Waals surface area (Å²) < 4.78 is 181. The van der Waals surface area contributed by atoms with Crippen molar-refractivity contribution in [2.75, 3.05) is 24.8 Å². The van der Waals surface area contributed by atoms with Gasteiger partial charge >= 0.3 is 5.97 Å². The first-order chi connectivity index (χ1) is 34.3. The van der Waals surface area contributed by atoms with E-state index >= 15 is 0 Å². The number of fused-ring (bicyclic) bond motifs is 2. The Balaban J connectivity index is 1.45. The SMILES string of the molecule is COc1ccc2nc(/N=N\c3cc(OCCCS(=O)(=O)O)c(N=Nc4c(S(=O)(=O)O)cc5c(S(=O)(=O)O)c(N=N/C(C(=N)C(=O)O)=C(\O)Nc6ccc(S(=O)(=O)O)cc6)ccc5c4O)cc3C)sc2c1S(=O)(=O)O. The van der Waals surface area contributed by atoms with Crippen LogP contribution in [0.1, 0.15) is 12.0 Å². The van der Waals surface area contributed by atoms with Gasteiger partial charge in [0, 0.05) is 22.5 Å². The van der Waals surface area contributed by atoms with Crippen molar-refractivity contribution in [2.24, 2.45) is 30.7 Å². The van der Waals surface area contributed by atoms with Gasteiger partial charge in [0.1, 0.15) is 38.4 Å². The molecular weight excluding hydrogens is 1110 g/mol. The topological polar surface area (TPSA) is 491 Å². The number of hydrogen-bond donors (Lipinski definition) is 10. The van der Waals surface area contributed by atoms with Gasteiger partial charge in [0.2, 0.25) is 11.0 Å². The molecule has 0 fully saturated rings. The largest absolute Gasteiger partial charge is 0.505 e. The lowest BCUT2D eigenvalue weighted by Crippen LogP contribution is -2.17. The molecule has 1 heterocycles. The molecule has 6 aromatic rings. The molecule has 5 aromatic carbocycles. The van der Waals surface area contributed by atoms with Crippen molar-refractivity contribution in [3.05, 3.63) is 83.9 Å². The summed E-state index contributed by atoms with van der Waals surface area (Å²) in [7, 11) is -23.9. The highest BCUT2D eigenvalue weighted by atomic mass is 32.2. The Kier molecular flexibility index (Phi) is 15.9. The number of aromatic nitrogens is 1. The average molecular weight is 1140 g/mol. The molecule has 0 aliphatic heterocycles. The van der Waals surface area contributed by atoms with Gasteiger partial charge in [0.25, 0.3) is 50.6 Å². The fraction of sp³-hybridized carbons (Fsp3) is 0.132. The minimum absolute atomic E-state index is 0.000361. The number of thiazole rings is 1. The second-order valence-electron chi connectivity index (χ2n) is 14.6. The van der Waals surface area contributed by atoms with E-state index < -0.39 is 134 Å². The van der Waals surface area contributed by atoms with Crippen LogP contribution in [0.2, 0.25) is 0 Å². The van der Waals surface area contributed by atoms with E-state index in [0.29, 0.717) is 17.4 Å². The van der Waals surface area contributed by atoms with Crippen LogP contribution in [0, 0.1) is 12.3 Å². The van der Waals surface area contributed by atoms with Gasteiger partial charge in [-0.1, -0.05) is 11.3 Å². The molecule has 0 aliphatic carbocycles. The minimum atomic E-state index is -5.61. The van der Waals surface area contributed by atoms with E-state index in [0.717, 1.165) is 36.4 Å². The molecule has 30 nitrogen and oxygen atoms in total. The number of anilines is 1. The third-order valence-electron chi connectivity index (χ3n) is 9.57. The van der Waals surface area contributed by atoms with Crippen LogP contribution < -0.4 is 14.8 Å². The molecule has 0 atom stereocenters. The molecule has 0 aliphatic rings. The summed E-state index contributed by atoms with van der Waals surface area (Å²) in [5.74, 6) is -5.73. The summed E-state index contributed by atoms with van der Waals surface area (Å²) >= 11 is 0.707. The number of aliphatic hydroxyl groups excluding tert-OH is 1. The van der Waals surface area contributed by atoms with E-state index in [4.69, 9.17) is 14.9 Å². The lowest BCUT2D eigenvalue weighted by molar-refractivity contribution is -0.129. The fourth-order valence-electron chi connectivity index (χ4n) is 6.33. The van der Waals surface area contributed by atoms with Crippen LogP contribution in [0.25, 0.3) is 21.0 Å². The normalized spacial score (nSPS) is 13.3. The first-order valence-electron chi connectivity index (χ1n) is 19.6. The molecule has 74 heavy (non-hydrogen) atoms. The highest BCUT2D eigenvalue weighted by Gasteiger charge is 2.29. The highest BCUT2D eigenvalue weighted by Crippen LogP contribution is 2.47. The number of phenols is 1. The van der Waals surface area contributed by atoms with Gasteiger partial charge < -0.3 is 30.1 Å². The maximum absolute atomic E-state index is 12.9. The summed E-state index contributed by atoms with van der Waals surface area (Å²) in [4.78, 5) is 12.1. The van der Waals surface area contributed by atoms with Crippen LogP contribution in [-0.4, -0.2) is 116 Å². The molecule has 392 valence electrons. The van der Waals surface area contributed by atoms with Gasteiger partial charge in [-0.25, -0.2) is 9.78 Å². The quantitative estimate of drug-likeness (QED) is 0.0121. The van der Waals surface area contributed by atoms with Gasteiger partial charge in [0.05, 0.1) is 40.3 Å². The van der Waals surface area contributed by atoms with Crippen molar-refractivity contribution in [1.29, 1.82) is 5.41 Å². The van der Waals surface area contributed by atoms with Crippen molar-refractivity contribution in [2.45, 2.75) is 32.9 Å². The van der Waals surface area contributed by atoms with Crippen LogP contribution in [0.3, 0.4) is 0 Å². The number of azo groups is 3. The summed E-state index contributed by atoms with van der Waals surface area (Å²) in [6.07, 6.45) is -0.310. The number of carboxylic acid groups (broad SMARTS) is 1. The second kappa shape index (κ2) is 21.1. The number of aliphatic hydroxyl groups is 1. The van der Waals surface area contributed by atoms with Gasteiger partial charge in [-0.2, -0.15) is 42.1 Å². The third kappa shape index (κ3) is 13.0. The number of rotatable bonds is 20. The van der Waals surface area contributed by atoms with Crippen molar-refractivity contribution in [3.63, 3.8) is 0 Å². The Morgan fingerprint density at radius 1 is 0.716 bits per heavy atom. The Hall–Kier alpha value is -7.52. The molecule has 10 N–H and O–H groups in total. The predicted molar refractivity (Wildman–Crippen MR) is 257 cm³/mol. The Morgan fingerprint density at radius 2 is 1.36 bits per heavy atom. The number of hydrogen-bond acceptors (Lipinski definition) is 25. The molecular formula is C38H33N9O21S6. The lowest BCUT2D eigenvalue weighted by Gasteiger charge is -2.13. The number of phenolic OH excluding ortho intramolecular Hbond substituents is 1. The van der Waals surface area contributed by atoms with E-state index in [2.05, 4.69) is 41.0 Å². The molecule has 1 aromatic heterocycles. The summed E-state index contributed by atoms with van der Waals surface area (Å²) in [6, 6.07) is 10.8. The molecule has 0 amide bonds. The van der Waals surface area contributed by atoms with E-state index in [1.807, 2.05) is 0 Å². The van der Waals surface area contributed by atoms with Crippen LogP contribution in [0.5, 0.6) is 17.2 Å².